The van der Waals surface area contributed by atoms with E-state index in [1.54, 1.807) is 23.1 Å². The first kappa shape index (κ1) is 14.0. The van der Waals surface area contributed by atoms with Gasteiger partial charge in [0.05, 0.1) is 10.1 Å². The lowest BCUT2D eigenvalue weighted by Crippen LogP contribution is -2.23. The summed E-state index contributed by atoms with van der Waals surface area (Å²) in [5.74, 6) is 1.23. The van der Waals surface area contributed by atoms with Crippen LogP contribution in [0.3, 0.4) is 0 Å². The van der Waals surface area contributed by atoms with Crippen LogP contribution in [0.1, 0.15) is 30.9 Å². The molecule has 1 aliphatic rings. The van der Waals surface area contributed by atoms with Crippen molar-refractivity contribution in [2.45, 2.75) is 25.0 Å². The summed E-state index contributed by atoms with van der Waals surface area (Å²) in [6, 6.07) is 3.96. The molecular formula is C13H15N3OS3. The molecule has 7 heteroatoms. The summed E-state index contributed by atoms with van der Waals surface area (Å²) >= 11 is 8.70. The van der Waals surface area contributed by atoms with E-state index in [1.165, 1.54) is 12.8 Å². The van der Waals surface area contributed by atoms with Gasteiger partial charge in [0, 0.05) is 13.1 Å². The first-order valence-corrected chi connectivity index (χ1v) is 8.73. The molecule has 1 unspecified atom stereocenters. The van der Waals surface area contributed by atoms with E-state index in [1.807, 2.05) is 17.5 Å². The zero-order valence-electron chi connectivity index (χ0n) is 11.1. The number of thioether (sulfide) groups is 1. The van der Waals surface area contributed by atoms with Crippen molar-refractivity contribution in [3.8, 4) is 10.8 Å². The molecule has 3 heterocycles. The minimum atomic E-state index is 0.0873. The molecule has 3 rings (SSSR count). The minimum absolute atomic E-state index is 0.0873. The van der Waals surface area contributed by atoms with Gasteiger partial charge in [0.1, 0.15) is 4.32 Å². The lowest BCUT2D eigenvalue weighted by atomic mass is 10.4. The van der Waals surface area contributed by atoms with Crippen molar-refractivity contribution in [2.75, 3.05) is 13.1 Å². The van der Waals surface area contributed by atoms with Gasteiger partial charge < -0.3 is 9.32 Å². The molecule has 0 N–H and O–H groups in total. The van der Waals surface area contributed by atoms with Crippen molar-refractivity contribution in [1.29, 1.82) is 0 Å². The third-order valence-electron chi connectivity index (χ3n) is 3.16. The predicted octanol–water partition coefficient (Wildman–Crippen LogP) is 3.97. The average molecular weight is 325 g/mol. The van der Waals surface area contributed by atoms with Gasteiger partial charge in [0.25, 0.3) is 5.89 Å². The Morgan fingerprint density at radius 1 is 1.45 bits per heavy atom. The number of rotatable bonds is 3. The third kappa shape index (κ3) is 3.05. The molecule has 106 valence electrons. The van der Waals surface area contributed by atoms with Gasteiger partial charge in [-0.3, -0.25) is 0 Å². The van der Waals surface area contributed by atoms with Gasteiger partial charge in [-0.1, -0.05) is 30.0 Å². The first-order chi connectivity index (χ1) is 9.74. The molecule has 4 nitrogen and oxygen atoms in total. The highest BCUT2D eigenvalue weighted by Gasteiger charge is 2.21. The molecule has 0 aromatic carbocycles. The van der Waals surface area contributed by atoms with E-state index in [0.29, 0.717) is 11.8 Å². The summed E-state index contributed by atoms with van der Waals surface area (Å²) < 4.78 is 6.68. The van der Waals surface area contributed by atoms with E-state index >= 15 is 0 Å². The second-order valence-corrected chi connectivity index (χ2v) is 7.57. The molecule has 1 fully saturated rings. The van der Waals surface area contributed by atoms with Crippen molar-refractivity contribution in [3.63, 3.8) is 0 Å². The zero-order valence-corrected chi connectivity index (χ0v) is 13.6. The summed E-state index contributed by atoms with van der Waals surface area (Å²) in [5.41, 5.74) is 0. The SMILES string of the molecule is CC(SC(=S)N1CCCC1)c1nnc(-c2cccs2)o1. The van der Waals surface area contributed by atoms with Gasteiger partial charge in [-0.25, -0.2) is 0 Å². The number of thiophene rings is 1. The Morgan fingerprint density at radius 2 is 2.25 bits per heavy atom. The van der Waals surface area contributed by atoms with E-state index in [2.05, 4.69) is 22.0 Å². The summed E-state index contributed by atoms with van der Waals surface area (Å²) in [7, 11) is 0. The highest BCUT2D eigenvalue weighted by Crippen LogP contribution is 2.33. The highest BCUT2D eigenvalue weighted by atomic mass is 32.2. The van der Waals surface area contributed by atoms with Gasteiger partial charge >= 0.3 is 0 Å². The molecule has 0 amide bonds. The van der Waals surface area contributed by atoms with Crippen LogP contribution < -0.4 is 0 Å². The number of hydrogen-bond donors (Lipinski definition) is 0. The van der Waals surface area contributed by atoms with Crippen molar-refractivity contribution in [2.24, 2.45) is 0 Å². The summed E-state index contributed by atoms with van der Waals surface area (Å²) in [6.07, 6.45) is 2.47. The molecule has 2 aromatic rings. The molecule has 2 aromatic heterocycles. The van der Waals surface area contributed by atoms with E-state index in [0.717, 1.165) is 22.3 Å². The molecule has 1 atom stereocenters. The van der Waals surface area contributed by atoms with Crippen LogP contribution in [0.2, 0.25) is 0 Å². The van der Waals surface area contributed by atoms with Crippen LogP contribution in [0.25, 0.3) is 10.8 Å². The summed E-state index contributed by atoms with van der Waals surface area (Å²) in [4.78, 5) is 3.26. The summed E-state index contributed by atoms with van der Waals surface area (Å²) in [6.45, 7) is 4.20. The van der Waals surface area contributed by atoms with Crippen molar-refractivity contribution < 1.29 is 4.42 Å². The van der Waals surface area contributed by atoms with E-state index in [9.17, 15) is 0 Å². The molecule has 1 saturated heterocycles. The molecule has 0 radical (unpaired) electrons. The molecule has 0 spiro atoms. The van der Waals surface area contributed by atoms with Gasteiger partial charge in [-0.05, 0) is 31.2 Å². The van der Waals surface area contributed by atoms with Crippen LogP contribution in [0.15, 0.2) is 21.9 Å². The van der Waals surface area contributed by atoms with E-state index < -0.39 is 0 Å². The van der Waals surface area contributed by atoms with Gasteiger partial charge in [0.15, 0.2) is 0 Å². The lowest BCUT2D eigenvalue weighted by molar-refractivity contribution is 0.509. The monoisotopic (exact) mass is 325 g/mol. The Balaban J connectivity index is 1.65. The third-order valence-corrected chi connectivity index (χ3v) is 5.58. The molecule has 20 heavy (non-hydrogen) atoms. The highest BCUT2D eigenvalue weighted by molar-refractivity contribution is 8.23. The number of nitrogens with zero attached hydrogens (tertiary/aromatic N) is 3. The molecule has 0 bridgehead atoms. The Hall–Kier alpha value is -0.920. The standard InChI is InChI=1S/C13H15N3OS3/c1-9(20-13(18)16-6-2-3-7-16)11-14-15-12(17-11)10-5-4-8-19-10/h4-5,8-9H,2-3,6-7H2,1H3. The van der Waals surface area contributed by atoms with E-state index in [-0.39, 0.29) is 5.25 Å². The first-order valence-electron chi connectivity index (χ1n) is 6.57. The number of likely N-dealkylation sites (tertiary alicyclic amines) is 1. The van der Waals surface area contributed by atoms with Crippen LogP contribution in [-0.2, 0) is 0 Å². The van der Waals surface area contributed by atoms with Crippen molar-refractivity contribution in [1.82, 2.24) is 15.1 Å². The maximum absolute atomic E-state index is 5.74. The zero-order chi connectivity index (χ0) is 13.9. The Bertz CT molecular complexity index is 575. The van der Waals surface area contributed by atoms with Crippen molar-refractivity contribution in [3.05, 3.63) is 23.4 Å². The average Bonchev–Trinajstić information content (AvgIpc) is 3.19. The number of aromatic nitrogens is 2. The predicted molar refractivity (Wildman–Crippen MR) is 87.0 cm³/mol. The second kappa shape index (κ2) is 6.24. The maximum Gasteiger partial charge on any atom is 0.257 e. The van der Waals surface area contributed by atoms with Crippen LogP contribution in [0.5, 0.6) is 0 Å². The minimum Gasteiger partial charge on any atom is -0.419 e. The number of hydrogen-bond acceptors (Lipinski definition) is 6. The quantitative estimate of drug-likeness (QED) is 0.795. The van der Waals surface area contributed by atoms with E-state index in [4.69, 9.17) is 16.6 Å². The Kier molecular flexibility index (Phi) is 4.38. The van der Waals surface area contributed by atoms with Crippen molar-refractivity contribution >= 4 is 39.6 Å². The smallest absolute Gasteiger partial charge is 0.257 e. The normalized spacial score (nSPS) is 16.6. The van der Waals surface area contributed by atoms with Crippen LogP contribution in [0.4, 0.5) is 0 Å². The van der Waals surface area contributed by atoms with Gasteiger partial charge in [-0.15, -0.1) is 21.5 Å². The maximum atomic E-state index is 5.74. The fourth-order valence-electron chi connectivity index (χ4n) is 2.07. The second-order valence-electron chi connectivity index (χ2n) is 4.64. The fraction of sp³-hybridized carbons (Fsp3) is 0.462. The Labute approximate surface area is 131 Å². The molecule has 1 aliphatic heterocycles. The molecule has 0 saturated carbocycles. The number of thiocarbonyl (C=S) groups is 1. The molecule has 0 aliphatic carbocycles. The van der Waals surface area contributed by atoms with Crippen LogP contribution in [-0.4, -0.2) is 32.5 Å². The Morgan fingerprint density at radius 3 is 2.95 bits per heavy atom. The van der Waals surface area contributed by atoms with Crippen LogP contribution in [0, 0.1) is 0 Å². The summed E-state index contributed by atoms with van der Waals surface area (Å²) in [5, 5.41) is 10.3. The van der Waals surface area contributed by atoms with Crippen LogP contribution >= 0.6 is 35.3 Å². The van der Waals surface area contributed by atoms with Gasteiger partial charge in [-0.2, -0.15) is 0 Å². The topological polar surface area (TPSA) is 42.2 Å². The van der Waals surface area contributed by atoms with Gasteiger partial charge in [0.2, 0.25) is 5.89 Å². The lowest BCUT2D eigenvalue weighted by Gasteiger charge is -2.19. The molecular weight excluding hydrogens is 310 g/mol. The fourth-order valence-corrected chi connectivity index (χ4v) is 4.16. The largest absolute Gasteiger partial charge is 0.419 e.